The van der Waals surface area contributed by atoms with Gasteiger partial charge in [-0.15, -0.1) is 0 Å². The number of rotatable bonds is 1. The molecule has 0 fully saturated rings. The van der Waals surface area contributed by atoms with Crippen molar-refractivity contribution < 1.29 is 0 Å². The molecule has 0 spiro atoms. The molecule has 0 bridgehead atoms. The fraction of sp³-hybridized carbons (Fsp3) is 0. The molecule has 2 aromatic heterocycles. The van der Waals surface area contributed by atoms with Crippen molar-refractivity contribution in [3.63, 3.8) is 0 Å². The first-order valence-corrected chi connectivity index (χ1v) is 4.72. The molecule has 0 atom stereocenters. The van der Waals surface area contributed by atoms with Crippen molar-refractivity contribution in [2.75, 3.05) is 0 Å². The van der Waals surface area contributed by atoms with E-state index in [4.69, 9.17) is 0 Å². The Balaban J connectivity index is 2.61. The van der Waals surface area contributed by atoms with Crippen molar-refractivity contribution in [3.8, 4) is 5.69 Å². The van der Waals surface area contributed by atoms with Gasteiger partial charge in [-0.1, -0.05) is 0 Å². The number of nitrogens with zero attached hydrogens (tertiary/aromatic N) is 3. The third kappa shape index (κ3) is 1.72. The Kier molecular flexibility index (Phi) is 2.41. The summed E-state index contributed by atoms with van der Waals surface area (Å²) >= 11 is 3.28. The average molecular weight is 252 g/mol. The van der Waals surface area contributed by atoms with Gasteiger partial charge < -0.3 is 0 Å². The number of hydrogen-bond donors (Lipinski definition) is 0. The molecular formula is C9H6BrN3O. The summed E-state index contributed by atoms with van der Waals surface area (Å²) in [4.78, 5) is 15.3. The van der Waals surface area contributed by atoms with Crippen molar-refractivity contribution in [2.24, 2.45) is 0 Å². The van der Waals surface area contributed by atoms with Gasteiger partial charge in [-0.05, 0) is 28.1 Å². The van der Waals surface area contributed by atoms with E-state index in [-0.39, 0.29) is 5.56 Å². The van der Waals surface area contributed by atoms with Crippen LogP contribution in [0.4, 0.5) is 0 Å². The van der Waals surface area contributed by atoms with Crippen LogP contribution in [0.15, 0.2) is 46.1 Å². The highest BCUT2D eigenvalue weighted by molar-refractivity contribution is 9.10. The smallest absolute Gasteiger partial charge is 0.267 e. The summed E-state index contributed by atoms with van der Waals surface area (Å²) in [6.45, 7) is 0. The minimum atomic E-state index is -0.174. The minimum absolute atomic E-state index is 0.174. The topological polar surface area (TPSA) is 47.8 Å². The largest absolute Gasteiger partial charge is 0.271 e. The third-order valence-corrected chi connectivity index (χ3v) is 2.08. The molecule has 0 amide bonds. The monoisotopic (exact) mass is 251 g/mol. The molecular weight excluding hydrogens is 246 g/mol. The van der Waals surface area contributed by atoms with E-state index in [2.05, 4.69) is 26.0 Å². The SMILES string of the molecule is O=c1cccnn1-c1cncc(Br)c1. The molecule has 2 heterocycles. The average Bonchev–Trinajstić information content (AvgIpc) is 2.18. The molecule has 0 aliphatic rings. The van der Waals surface area contributed by atoms with E-state index in [0.29, 0.717) is 5.69 Å². The normalized spacial score (nSPS) is 10.1. The van der Waals surface area contributed by atoms with Crippen LogP contribution in [0.2, 0.25) is 0 Å². The quantitative estimate of drug-likeness (QED) is 0.770. The van der Waals surface area contributed by atoms with Gasteiger partial charge >= 0.3 is 0 Å². The van der Waals surface area contributed by atoms with Gasteiger partial charge in [0.05, 0.1) is 11.9 Å². The van der Waals surface area contributed by atoms with E-state index in [9.17, 15) is 4.79 Å². The second kappa shape index (κ2) is 3.71. The molecule has 70 valence electrons. The summed E-state index contributed by atoms with van der Waals surface area (Å²) in [5, 5.41) is 3.93. The van der Waals surface area contributed by atoms with Gasteiger partial charge in [-0.3, -0.25) is 9.78 Å². The van der Waals surface area contributed by atoms with Crippen LogP contribution >= 0.6 is 15.9 Å². The Morgan fingerprint density at radius 1 is 1.36 bits per heavy atom. The summed E-state index contributed by atoms with van der Waals surface area (Å²) in [5.74, 6) is 0. The molecule has 14 heavy (non-hydrogen) atoms. The fourth-order valence-electron chi connectivity index (χ4n) is 1.07. The van der Waals surface area contributed by atoms with E-state index in [0.717, 1.165) is 4.47 Å². The van der Waals surface area contributed by atoms with Crippen molar-refractivity contribution >= 4 is 15.9 Å². The summed E-state index contributed by atoms with van der Waals surface area (Å²) in [6, 6.07) is 4.83. The van der Waals surface area contributed by atoms with Crippen LogP contribution in [0, 0.1) is 0 Å². The van der Waals surface area contributed by atoms with Crippen molar-refractivity contribution in [1.82, 2.24) is 14.8 Å². The zero-order chi connectivity index (χ0) is 9.97. The first-order chi connectivity index (χ1) is 6.77. The number of pyridine rings is 1. The highest BCUT2D eigenvalue weighted by Crippen LogP contribution is 2.10. The summed E-state index contributed by atoms with van der Waals surface area (Å²) in [6.07, 6.45) is 4.79. The zero-order valence-corrected chi connectivity index (χ0v) is 8.68. The maximum Gasteiger partial charge on any atom is 0.271 e. The Hall–Kier alpha value is -1.49. The minimum Gasteiger partial charge on any atom is -0.267 e. The van der Waals surface area contributed by atoms with E-state index in [1.54, 1.807) is 30.7 Å². The van der Waals surface area contributed by atoms with Crippen molar-refractivity contribution in [1.29, 1.82) is 0 Å². The molecule has 0 aliphatic heterocycles. The lowest BCUT2D eigenvalue weighted by molar-refractivity contribution is 0.801. The number of halogens is 1. The maximum atomic E-state index is 11.4. The predicted molar refractivity (Wildman–Crippen MR) is 55.3 cm³/mol. The van der Waals surface area contributed by atoms with Gasteiger partial charge in [0.2, 0.25) is 0 Å². The van der Waals surface area contributed by atoms with Gasteiger partial charge in [0.25, 0.3) is 5.56 Å². The van der Waals surface area contributed by atoms with Crippen LogP contribution < -0.4 is 5.56 Å². The first-order valence-electron chi connectivity index (χ1n) is 3.92. The summed E-state index contributed by atoms with van der Waals surface area (Å²) < 4.78 is 2.10. The molecule has 0 saturated carbocycles. The highest BCUT2D eigenvalue weighted by atomic mass is 79.9. The summed E-state index contributed by atoms with van der Waals surface area (Å²) in [7, 11) is 0. The molecule has 0 aliphatic carbocycles. The lowest BCUT2D eigenvalue weighted by Gasteiger charge is -2.01. The molecule has 0 aromatic carbocycles. The molecule has 0 radical (unpaired) electrons. The molecule has 4 nitrogen and oxygen atoms in total. The third-order valence-electron chi connectivity index (χ3n) is 1.65. The van der Waals surface area contributed by atoms with E-state index < -0.39 is 0 Å². The van der Waals surface area contributed by atoms with Crippen LogP contribution in [-0.4, -0.2) is 14.8 Å². The zero-order valence-electron chi connectivity index (χ0n) is 7.09. The Morgan fingerprint density at radius 3 is 2.93 bits per heavy atom. The van der Waals surface area contributed by atoms with Crippen LogP contribution in [0.5, 0.6) is 0 Å². The number of aromatic nitrogens is 3. The Labute approximate surface area is 88.4 Å². The van der Waals surface area contributed by atoms with E-state index >= 15 is 0 Å². The maximum absolute atomic E-state index is 11.4. The molecule has 2 rings (SSSR count). The Bertz CT molecular complexity index is 509. The second-order valence-electron chi connectivity index (χ2n) is 2.64. The van der Waals surface area contributed by atoms with Gasteiger partial charge in [0, 0.05) is 22.9 Å². The molecule has 0 unspecified atom stereocenters. The first kappa shape index (κ1) is 9.08. The van der Waals surface area contributed by atoms with Crippen LogP contribution in [0.3, 0.4) is 0 Å². The van der Waals surface area contributed by atoms with E-state index in [1.807, 2.05) is 0 Å². The molecule has 0 saturated heterocycles. The van der Waals surface area contributed by atoms with Gasteiger partial charge in [-0.2, -0.15) is 9.78 Å². The van der Waals surface area contributed by atoms with Gasteiger partial charge in [-0.25, -0.2) is 0 Å². The fourth-order valence-corrected chi connectivity index (χ4v) is 1.42. The van der Waals surface area contributed by atoms with Crippen LogP contribution in [0.1, 0.15) is 0 Å². The van der Waals surface area contributed by atoms with Gasteiger partial charge in [0.15, 0.2) is 0 Å². The van der Waals surface area contributed by atoms with Crippen molar-refractivity contribution in [2.45, 2.75) is 0 Å². The van der Waals surface area contributed by atoms with E-state index in [1.165, 1.54) is 10.7 Å². The lowest BCUT2D eigenvalue weighted by atomic mass is 10.4. The molecule has 5 heteroatoms. The standard InChI is InChI=1S/C9H6BrN3O/c10-7-4-8(6-11-5-7)13-9(14)2-1-3-12-13/h1-6H. The second-order valence-corrected chi connectivity index (χ2v) is 3.55. The van der Waals surface area contributed by atoms with Crippen LogP contribution in [-0.2, 0) is 0 Å². The van der Waals surface area contributed by atoms with Crippen molar-refractivity contribution in [3.05, 3.63) is 51.6 Å². The highest BCUT2D eigenvalue weighted by Gasteiger charge is 1.99. The molecule has 0 N–H and O–H groups in total. The van der Waals surface area contributed by atoms with Gasteiger partial charge in [0.1, 0.15) is 0 Å². The Morgan fingerprint density at radius 2 is 2.21 bits per heavy atom. The van der Waals surface area contributed by atoms with Crippen LogP contribution in [0.25, 0.3) is 5.69 Å². The lowest BCUT2D eigenvalue weighted by Crippen LogP contribution is -2.19. The predicted octanol–water partition coefficient (Wildman–Crippen LogP) is 1.39. The number of hydrogen-bond acceptors (Lipinski definition) is 3. The molecule has 2 aromatic rings. The summed E-state index contributed by atoms with van der Waals surface area (Å²) in [5.41, 5.74) is 0.470.